The normalized spacial score (nSPS) is 1.25. The summed E-state index contributed by atoms with van der Waals surface area (Å²) in [7, 11) is 0. The summed E-state index contributed by atoms with van der Waals surface area (Å²) in [6.07, 6.45) is 0. The molecule has 0 aliphatic rings. The first kappa shape index (κ1) is 17.8. The number of hydrogen-bond donors (Lipinski definition) is 0. The molecule has 18 valence electrons. The third-order valence-electron chi connectivity index (χ3n) is 0. The Morgan fingerprint density at radius 2 is 1.00 bits per heavy atom. The van der Waals surface area contributed by atoms with Crippen LogP contribution in [0.15, 0.2) is 0 Å². The van der Waals surface area contributed by atoms with Gasteiger partial charge in [-0.15, -0.1) is 0 Å². The third kappa shape index (κ3) is 9.69. The van der Waals surface area contributed by atoms with Gasteiger partial charge in [0.1, 0.15) is 0 Å². The molecule has 0 rings (SSSR count). The molecule has 0 aromatic rings. The van der Waals surface area contributed by atoms with Crippen molar-refractivity contribution in [2.75, 3.05) is 0 Å². The molecule has 0 aromatic carbocycles. The fraction of sp³-hybridized carbons (Fsp3) is 0. The van der Waals surface area contributed by atoms with Gasteiger partial charge in [-0.1, -0.05) is 0 Å². The molecule has 0 atom stereocenters. The molecule has 0 aromatic heterocycles. The summed E-state index contributed by atoms with van der Waals surface area (Å²) in [5.41, 5.74) is 0. The number of rotatable bonds is 0. The summed E-state index contributed by atoms with van der Waals surface area (Å²) >= 11 is 2.00. The first-order valence-electron chi connectivity index (χ1n) is 0.144. The van der Waals surface area contributed by atoms with Gasteiger partial charge in [-0.3, -0.25) is 0 Å². The molecule has 0 saturated carbocycles. The first-order chi connectivity index (χ1) is 1.00. The van der Waals surface area contributed by atoms with Crippen LogP contribution in [0.5, 0.6) is 0 Å². The molecule has 4 heteroatoms. The molecule has 0 saturated heterocycles. The summed E-state index contributed by atoms with van der Waals surface area (Å²) < 4.78 is 8.00. The van der Waals surface area contributed by atoms with E-state index < -0.39 is 0 Å². The van der Waals surface area contributed by atoms with Gasteiger partial charge in [0, 0.05) is 0 Å². The van der Waals surface area contributed by atoms with Crippen LogP contribution in [0.1, 0.15) is 0 Å². The Morgan fingerprint density at radius 1 is 1.00 bits per heavy atom. The molecule has 0 fully saturated rings. The summed E-state index contributed by atoms with van der Waals surface area (Å²) in [6.45, 7) is 0. The first-order valence-corrected chi connectivity index (χ1v) is 0.595. The van der Waals surface area contributed by atoms with E-state index >= 15 is 0 Å². The molecule has 0 bridgehead atoms. The van der Waals surface area contributed by atoms with E-state index in [2.05, 4.69) is 0 Å². The van der Waals surface area contributed by atoms with Crippen LogP contribution in [-0.2, 0) is 19.8 Å². The van der Waals surface area contributed by atoms with E-state index in [1.54, 1.807) is 0 Å². The Kier molecular flexibility index (Phi) is 108. The predicted octanol–water partition coefficient (Wildman–Crippen LogP) is -1.42. The second-order valence-corrected chi connectivity index (χ2v) is 0. The van der Waals surface area contributed by atoms with Crippen LogP contribution in [0.25, 0.3) is 0 Å². The van der Waals surface area contributed by atoms with Crippen molar-refractivity contribution in [2.45, 2.75) is 0 Å². The zero-order valence-electron chi connectivity index (χ0n) is 0.762. The number of hydrogen-bond acceptors (Lipinski definition) is 1. The molecule has 0 unspecified atom stereocenters. The fourth-order valence-electron chi connectivity index (χ4n) is 0. The van der Waals surface area contributed by atoms with E-state index in [9.17, 15) is 0 Å². The van der Waals surface area contributed by atoms with Crippen molar-refractivity contribution in [3.05, 3.63) is 0 Å². The van der Waals surface area contributed by atoms with Crippen LogP contribution in [0.3, 0.4) is 0 Å². The molecule has 0 spiro atoms. The Labute approximate surface area is 57.3 Å². The average molecular weight is 87.7 g/mol. The summed E-state index contributed by atoms with van der Waals surface area (Å²) in [5, 5.41) is 0. The molecule has 0 aliphatic heterocycles. The summed E-state index contributed by atoms with van der Waals surface area (Å²) in [4.78, 5) is 0. The predicted molar refractivity (Wildman–Crippen MR) is 15.0 cm³/mol. The zero-order valence-corrected chi connectivity index (χ0v) is 1.87. The van der Waals surface area contributed by atoms with Crippen molar-refractivity contribution in [1.82, 2.24) is 0 Å². The molecule has 1 nitrogen and oxygen atoms in total. The molecule has 0 aliphatic carbocycles. The topological polar surface area (TPSA) is 17.1 Å². The van der Waals surface area contributed by atoms with Crippen LogP contribution >= 0.6 is 0 Å². The van der Waals surface area contributed by atoms with Gasteiger partial charge < -0.3 is 0 Å². The zero-order chi connectivity index (χ0) is 2.00. The maximum atomic E-state index is 8.00. The minimum atomic E-state index is 0. The molecular weight excluding hydrogens is 85.7 g/mol. The van der Waals surface area contributed by atoms with Gasteiger partial charge >= 0.3 is 57.5 Å². The average Bonchev–Trinajstić information content (AvgIpc) is 1.00. The fourth-order valence-corrected chi connectivity index (χ4v) is 0. The van der Waals surface area contributed by atoms with E-state index in [1.165, 1.54) is 0 Å². The van der Waals surface area contributed by atoms with Gasteiger partial charge in [-0.2, -0.15) is 0 Å². The van der Waals surface area contributed by atoms with Crippen LogP contribution in [0, 0.1) is 0 Å². The monoisotopic (exact) mass is 88.0 g/mol. The van der Waals surface area contributed by atoms with Crippen LogP contribution in [-0.4, -0.2) is 37.7 Å². The van der Waals surface area contributed by atoms with E-state index in [4.69, 9.17) is 3.83 Å². The SMILES string of the molecule is [LiH].[LiH].[O]=[Fe]. The Morgan fingerprint density at radius 3 is 1.00 bits per heavy atom. The quantitative estimate of drug-likeness (QED) is 0.332. The van der Waals surface area contributed by atoms with E-state index in [-0.39, 0.29) is 37.7 Å². The van der Waals surface area contributed by atoms with Crippen molar-refractivity contribution in [3.8, 4) is 0 Å². The van der Waals surface area contributed by atoms with Crippen LogP contribution < -0.4 is 0 Å². The summed E-state index contributed by atoms with van der Waals surface area (Å²) in [5.74, 6) is 0. The molecule has 0 heterocycles. The van der Waals surface area contributed by atoms with Gasteiger partial charge in [0.15, 0.2) is 0 Å². The van der Waals surface area contributed by atoms with Crippen LogP contribution in [0.2, 0.25) is 0 Å². The van der Waals surface area contributed by atoms with E-state index in [0.29, 0.717) is 0 Å². The molecule has 0 amide bonds. The Bertz CT molecular complexity index is 6.00. The standard InChI is InChI=1S/Fe.2Li.O.2H. The maximum absolute atomic E-state index is 8.00. The minimum absolute atomic E-state index is 0. The molecule has 4 heavy (non-hydrogen) atoms. The van der Waals surface area contributed by atoms with Crippen molar-refractivity contribution in [3.63, 3.8) is 0 Å². The van der Waals surface area contributed by atoms with E-state index in [0.717, 1.165) is 0 Å². The van der Waals surface area contributed by atoms with Crippen molar-refractivity contribution < 1.29 is 19.8 Å². The van der Waals surface area contributed by atoms with E-state index in [1.807, 2.05) is 15.9 Å². The molecular formula is H2FeLi2O. The van der Waals surface area contributed by atoms with Crippen molar-refractivity contribution in [1.29, 1.82) is 0 Å². The van der Waals surface area contributed by atoms with Gasteiger partial charge in [0.25, 0.3) is 0 Å². The van der Waals surface area contributed by atoms with Gasteiger partial charge in [0.05, 0.1) is 0 Å². The van der Waals surface area contributed by atoms with Gasteiger partial charge in [-0.05, 0) is 0 Å². The Hall–Kier alpha value is 1.51. The second-order valence-electron chi connectivity index (χ2n) is 0. The Balaban J connectivity index is -0.00000000500. The van der Waals surface area contributed by atoms with Crippen molar-refractivity contribution >= 4 is 37.7 Å². The second kappa shape index (κ2) is 24.3. The van der Waals surface area contributed by atoms with Crippen LogP contribution in [0.4, 0.5) is 0 Å². The molecule has 0 N–H and O–H groups in total. The molecule has 0 radical (unpaired) electrons. The van der Waals surface area contributed by atoms with Crippen molar-refractivity contribution in [2.24, 2.45) is 0 Å². The summed E-state index contributed by atoms with van der Waals surface area (Å²) in [6, 6.07) is 0. The third-order valence-corrected chi connectivity index (χ3v) is 0. The van der Waals surface area contributed by atoms with Gasteiger partial charge in [-0.25, -0.2) is 0 Å². The van der Waals surface area contributed by atoms with Gasteiger partial charge in [0.2, 0.25) is 0 Å².